The van der Waals surface area contributed by atoms with Crippen molar-refractivity contribution in [2.24, 2.45) is 0 Å². The number of phenols is 1. The monoisotopic (exact) mass is 276 g/mol. The van der Waals surface area contributed by atoms with E-state index in [9.17, 15) is 5.11 Å². The Balaban J connectivity index is 1.69. The SMILES string of the molecule is COc1ccc(O)c(CN(CC2CCCN2)C2CC2)c1. The maximum atomic E-state index is 10.0. The second-order valence-electron chi connectivity index (χ2n) is 5.95. The van der Waals surface area contributed by atoms with Crippen LogP contribution in [-0.4, -0.2) is 42.3 Å². The van der Waals surface area contributed by atoms with Crippen molar-refractivity contribution in [2.75, 3.05) is 20.2 Å². The van der Waals surface area contributed by atoms with Gasteiger partial charge in [0.05, 0.1) is 7.11 Å². The van der Waals surface area contributed by atoms with Crippen LogP contribution in [0.25, 0.3) is 0 Å². The molecular formula is C16H24N2O2. The van der Waals surface area contributed by atoms with Gasteiger partial charge in [0.1, 0.15) is 11.5 Å². The third-order valence-corrected chi connectivity index (χ3v) is 4.34. The number of phenolic OH excluding ortho intramolecular Hbond substituents is 1. The van der Waals surface area contributed by atoms with Gasteiger partial charge in [-0.3, -0.25) is 4.90 Å². The lowest BCUT2D eigenvalue weighted by molar-refractivity contribution is 0.228. The van der Waals surface area contributed by atoms with Crippen LogP contribution in [0.1, 0.15) is 31.2 Å². The Morgan fingerprint density at radius 3 is 2.85 bits per heavy atom. The highest BCUT2D eigenvalue weighted by Crippen LogP contribution is 2.32. The van der Waals surface area contributed by atoms with E-state index in [1.165, 1.54) is 25.7 Å². The van der Waals surface area contributed by atoms with E-state index in [1.54, 1.807) is 19.2 Å². The van der Waals surface area contributed by atoms with E-state index < -0.39 is 0 Å². The predicted molar refractivity (Wildman–Crippen MR) is 79.1 cm³/mol. The maximum Gasteiger partial charge on any atom is 0.120 e. The molecule has 1 atom stereocenters. The number of ether oxygens (including phenoxy) is 1. The minimum Gasteiger partial charge on any atom is -0.508 e. The molecule has 1 aliphatic carbocycles. The average Bonchev–Trinajstić information content (AvgIpc) is 3.18. The molecule has 2 N–H and O–H groups in total. The van der Waals surface area contributed by atoms with E-state index in [2.05, 4.69) is 10.2 Å². The summed E-state index contributed by atoms with van der Waals surface area (Å²) in [5.41, 5.74) is 0.967. The molecule has 4 nitrogen and oxygen atoms in total. The summed E-state index contributed by atoms with van der Waals surface area (Å²) in [6.07, 6.45) is 5.13. The van der Waals surface area contributed by atoms with E-state index in [0.29, 0.717) is 17.8 Å². The van der Waals surface area contributed by atoms with E-state index in [-0.39, 0.29) is 0 Å². The highest BCUT2D eigenvalue weighted by molar-refractivity contribution is 5.39. The van der Waals surface area contributed by atoms with Gasteiger partial charge in [-0.05, 0) is 50.4 Å². The second-order valence-corrected chi connectivity index (χ2v) is 5.95. The Morgan fingerprint density at radius 1 is 1.35 bits per heavy atom. The molecule has 0 amide bonds. The average molecular weight is 276 g/mol. The summed E-state index contributed by atoms with van der Waals surface area (Å²) in [6.45, 7) is 3.04. The Kier molecular flexibility index (Phi) is 4.13. The number of methoxy groups -OCH3 is 1. The van der Waals surface area contributed by atoms with E-state index in [1.807, 2.05) is 6.07 Å². The van der Waals surface area contributed by atoms with Gasteiger partial charge < -0.3 is 15.2 Å². The summed E-state index contributed by atoms with van der Waals surface area (Å²) in [6, 6.07) is 6.80. The van der Waals surface area contributed by atoms with Gasteiger partial charge in [-0.2, -0.15) is 0 Å². The summed E-state index contributed by atoms with van der Waals surface area (Å²) in [5.74, 6) is 1.18. The van der Waals surface area contributed by atoms with Crippen molar-refractivity contribution in [3.05, 3.63) is 23.8 Å². The molecule has 2 aliphatic rings. The molecule has 110 valence electrons. The summed E-state index contributed by atoms with van der Waals surface area (Å²) < 4.78 is 5.26. The molecular weight excluding hydrogens is 252 g/mol. The van der Waals surface area contributed by atoms with Crippen molar-refractivity contribution < 1.29 is 9.84 Å². The fraction of sp³-hybridized carbons (Fsp3) is 0.625. The first kappa shape index (κ1) is 13.7. The number of hydrogen-bond donors (Lipinski definition) is 2. The molecule has 2 fully saturated rings. The quantitative estimate of drug-likeness (QED) is 0.835. The van der Waals surface area contributed by atoms with Gasteiger partial charge in [-0.1, -0.05) is 0 Å². The number of nitrogens with one attached hydrogen (secondary N) is 1. The lowest BCUT2D eigenvalue weighted by atomic mass is 10.1. The highest BCUT2D eigenvalue weighted by atomic mass is 16.5. The smallest absolute Gasteiger partial charge is 0.120 e. The summed E-state index contributed by atoms with van der Waals surface area (Å²) in [7, 11) is 1.66. The summed E-state index contributed by atoms with van der Waals surface area (Å²) in [4.78, 5) is 2.51. The van der Waals surface area contributed by atoms with Crippen LogP contribution in [0.2, 0.25) is 0 Å². The zero-order chi connectivity index (χ0) is 13.9. The summed E-state index contributed by atoms with van der Waals surface area (Å²) >= 11 is 0. The molecule has 1 unspecified atom stereocenters. The van der Waals surface area contributed by atoms with Gasteiger partial charge in [0.25, 0.3) is 0 Å². The highest BCUT2D eigenvalue weighted by Gasteiger charge is 2.31. The van der Waals surface area contributed by atoms with Gasteiger partial charge in [-0.25, -0.2) is 0 Å². The number of rotatable bonds is 6. The molecule has 4 heteroatoms. The van der Waals surface area contributed by atoms with Gasteiger partial charge >= 0.3 is 0 Å². The first-order valence-electron chi connectivity index (χ1n) is 7.59. The number of benzene rings is 1. The van der Waals surface area contributed by atoms with Gasteiger partial charge in [0.15, 0.2) is 0 Å². The first-order valence-corrected chi connectivity index (χ1v) is 7.59. The van der Waals surface area contributed by atoms with Gasteiger partial charge in [-0.15, -0.1) is 0 Å². The molecule has 1 saturated carbocycles. The summed E-state index contributed by atoms with van der Waals surface area (Å²) in [5, 5.41) is 13.6. The zero-order valence-corrected chi connectivity index (χ0v) is 12.1. The van der Waals surface area contributed by atoms with Crippen LogP contribution < -0.4 is 10.1 Å². The number of hydrogen-bond acceptors (Lipinski definition) is 4. The molecule has 1 saturated heterocycles. The first-order chi connectivity index (χ1) is 9.76. The van der Waals surface area contributed by atoms with Crippen LogP contribution in [0.4, 0.5) is 0 Å². The van der Waals surface area contributed by atoms with Crippen molar-refractivity contribution in [2.45, 2.75) is 44.3 Å². The Hall–Kier alpha value is -1.26. The van der Waals surface area contributed by atoms with Crippen molar-refractivity contribution in [3.63, 3.8) is 0 Å². The number of nitrogens with zero attached hydrogens (tertiary/aromatic N) is 1. The molecule has 1 heterocycles. The molecule has 1 aromatic rings. The Morgan fingerprint density at radius 2 is 2.20 bits per heavy atom. The molecule has 1 aliphatic heterocycles. The normalized spacial score (nSPS) is 22.4. The standard InChI is InChI=1S/C16H24N2O2/c1-20-15-6-7-16(19)12(9-15)10-18(14-4-5-14)11-13-3-2-8-17-13/h6-7,9,13-14,17,19H,2-5,8,10-11H2,1H3. The van der Waals surface area contributed by atoms with E-state index in [0.717, 1.165) is 30.9 Å². The molecule has 3 rings (SSSR count). The maximum absolute atomic E-state index is 10.0. The fourth-order valence-corrected chi connectivity index (χ4v) is 3.01. The molecule has 0 aromatic heterocycles. The van der Waals surface area contributed by atoms with E-state index in [4.69, 9.17) is 4.74 Å². The topological polar surface area (TPSA) is 44.7 Å². The second kappa shape index (κ2) is 6.02. The van der Waals surface area contributed by atoms with Crippen LogP contribution in [0.3, 0.4) is 0 Å². The van der Waals surface area contributed by atoms with Crippen molar-refractivity contribution >= 4 is 0 Å². The van der Waals surface area contributed by atoms with Crippen molar-refractivity contribution in [1.82, 2.24) is 10.2 Å². The lowest BCUT2D eigenvalue weighted by Crippen LogP contribution is -2.38. The Labute approximate surface area is 120 Å². The van der Waals surface area contributed by atoms with E-state index >= 15 is 0 Å². The Bertz CT molecular complexity index is 454. The zero-order valence-electron chi connectivity index (χ0n) is 12.1. The molecule has 0 bridgehead atoms. The van der Waals surface area contributed by atoms with Crippen LogP contribution in [-0.2, 0) is 6.54 Å². The fourth-order valence-electron chi connectivity index (χ4n) is 3.01. The van der Waals surface area contributed by atoms with Gasteiger partial charge in [0, 0.05) is 30.7 Å². The van der Waals surface area contributed by atoms with Crippen LogP contribution in [0.15, 0.2) is 18.2 Å². The third-order valence-electron chi connectivity index (χ3n) is 4.34. The number of aromatic hydroxyl groups is 1. The largest absolute Gasteiger partial charge is 0.508 e. The lowest BCUT2D eigenvalue weighted by Gasteiger charge is -2.26. The molecule has 0 spiro atoms. The van der Waals surface area contributed by atoms with Crippen LogP contribution in [0.5, 0.6) is 11.5 Å². The van der Waals surface area contributed by atoms with Crippen LogP contribution in [0, 0.1) is 0 Å². The predicted octanol–water partition coefficient (Wildman–Crippen LogP) is 2.12. The minimum absolute atomic E-state index is 0.371. The van der Waals surface area contributed by atoms with Gasteiger partial charge in [0.2, 0.25) is 0 Å². The minimum atomic E-state index is 0.371. The molecule has 1 aromatic carbocycles. The third kappa shape index (κ3) is 3.25. The van der Waals surface area contributed by atoms with Crippen LogP contribution >= 0.6 is 0 Å². The van der Waals surface area contributed by atoms with Crippen molar-refractivity contribution in [3.8, 4) is 11.5 Å². The molecule has 0 radical (unpaired) electrons. The van der Waals surface area contributed by atoms with Crippen molar-refractivity contribution in [1.29, 1.82) is 0 Å². The molecule has 20 heavy (non-hydrogen) atoms.